The Balaban J connectivity index is 1.67. The number of nitrogens with zero attached hydrogens (tertiary/aromatic N) is 3. The highest BCUT2D eigenvalue weighted by atomic mass is 16.5. The molecule has 2 saturated heterocycles. The van der Waals surface area contributed by atoms with E-state index in [1.54, 1.807) is 7.11 Å². The van der Waals surface area contributed by atoms with Gasteiger partial charge < -0.3 is 20.1 Å². The predicted octanol–water partition coefficient (Wildman–Crippen LogP) is 2.50. The van der Waals surface area contributed by atoms with Crippen molar-refractivity contribution in [3.63, 3.8) is 0 Å². The highest BCUT2D eigenvalue weighted by molar-refractivity contribution is 5.79. The molecule has 0 spiro atoms. The van der Waals surface area contributed by atoms with Crippen molar-refractivity contribution in [3.8, 4) is 5.75 Å². The van der Waals surface area contributed by atoms with Crippen molar-refractivity contribution in [2.24, 2.45) is 4.99 Å². The van der Waals surface area contributed by atoms with Crippen LogP contribution in [-0.4, -0.2) is 87.4 Å². The Morgan fingerprint density at radius 3 is 2.71 bits per heavy atom. The molecule has 2 N–H and O–H groups in total. The molecule has 2 heterocycles. The zero-order valence-electron chi connectivity index (χ0n) is 19.8. The topological polar surface area (TPSA) is 61.4 Å². The Morgan fingerprint density at radius 2 is 2.00 bits per heavy atom. The Labute approximate surface area is 188 Å². The molecule has 31 heavy (non-hydrogen) atoms. The smallest absolute Gasteiger partial charge is 0.191 e. The summed E-state index contributed by atoms with van der Waals surface area (Å²) in [5.41, 5.74) is 1.24. The van der Waals surface area contributed by atoms with E-state index < -0.39 is 0 Å². The van der Waals surface area contributed by atoms with Gasteiger partial charge >= 0.3 is 0 Å². The monoisotopic (exact) mass is 431 g/mol. The first kappa shape index (κ1) is 23.8. The van der Waals surface area contributed by atoms with E-state index in [1.807, 2.05) is 6.07 Å². The number of morpholine rings is 1. The van der Waals surface area contributed by atoms with Gasteiger partial charge in [-0.25, -0.2) is 0 Å². The van der Waals surface area contributed by atoms with E-state index in [-0.39, 0.29) is 6.04 Å². The van der Waals surface area contributed by atoms with Gasteiger partial charge in [0.05, 0.1) is 32.9 Å². The maximum absolute atomic E-state index is 5.68. The zero-order valence-corrected chi connectivity index (χ0v) is 19.8. The van der Waals surface area contributed by atoms with Crippen LogP contribution in [0.25, 0.3) is 0 Å². The van der Waals surface area contributed by atoms with Gasteiger partial charge in [0.2, 0.25) is 0 Å². The fraction of sp³-hybridized carbons (Fsp3) is 0.708. The molecule has 2 fully saturated rings. The Kier molecular flexibility index (Phi) is 9.43. The van der Waals surface area contributed by atoms with Gasteiger partial charge in [-0.15, -0.1) is 0 Å². The van der Waals surface area contributed by atoms with Crippen molar-refractivity contribution in [1.29, 1.82) is 0 Å². The first-order valence-corrected chi connectivity index (χ1v) is 11.9. The van der Waals surface area contributed by atoms with Crippen LogP contribution in [0.5, 0.6) is 5.75 Å². The van der Waals surface area contributed by atoms with Gasteiger partial charge in [0, 0.05) is 37.3 Å². The molecule has 0 radical (unpaired) electrons. The molecule has 1 aromatic rings. The lowest BCUT2D eigenvalue weighted by Gasteiger charge is -2.37. The molecule has 0 aliphatic carbocycles. The number of rotatable bonds is 9. The zero-order chi connectivity index (χ0) is 22.1. The molecule has 0 saturated carbocycles. The predicted molar refractivity (Wildman–Crippen MR) is 127 cm³/mol. The van der Waals surface area contributed by atoms with Crippen LogP contribution >= 0.6 is 0 Å². The third-order valence-electron chi connectivity index (χ3n) is 6.39. The SMILES string of the molecule is CCNC(=NCC(C)N1CCOCC1C)NCC(c1ccccc1OC)N1CCCC1. The first-order valence-electron chi connectivity index (χ1n) is 11.9. The van der Waals surface area contributed by atoms with Gasteiger partial charge in [-0.3, -0.25) is 14.8 Å². The first-order chi connectivity index (χ1) is 15.1. The second-order valence-corrected chi connectivity index (χ2v) is 8.61. The minimum Gasteiger partial charge on any atom is -0.496 e. The highest BCUT2D eigenvalue weighted by Crippen LogP contribution is 2.31. The van der Waals surface area contributed by atoms with Crippen LogP contribution < -0.4 is 15.4 Å². The number of hydrogen-bond donors (Lipinski definition) is 2. The maximum Gasteiger partial charge on any atom is 0.191 e. The molecule has 0 bridgehead atoms. The minimum atomic E-state index is 0.263. The molecule has 0 amide bonds. The lowest BCUT2D eigenvalue weighted by atomic mass is 10.0. The molecule has 3 unspecified atom stereocenters. The molecule has 0 aromatic heterocycles. The summed E-state index contributed by atoms with van der Waals surface area (Å²) in [6, 6.07) is 9.48. The van der Waals surface area contributed by atoms with E-state index in [1.165, 1.54) is 18.4 Å². The van der Waals surface area contributed by atoms with E-state index in [0.717, 1.165) is 64.2 Å². The van der Waals surface area contributed by atoms with Crippen molar-refractivity contribution in [3.05, 3.63) is 29.8 Å². The molecule has 2 aliphatic heterocycles. The normalized spacial score (nSPS) is 22.8. The van der Waals surface area contributed by atoms with Gasteiger partial charge in [0.1, 0.15) is 5.75 Å². The number of nitrogens with one attached hydrogen (secondary N) is 2. The van der Waals surface area contributed by atoms with Crippen molar-refractivity contribution < 1.29 is 9.47 Å². The van der Waals surface area contributed by atoms with Crippen LogP contribution in [0, 0.1) is 0 Å². The van der Waals surface area contributed by atoms with E-state index in [9.17, 15) is 0 Å². The van der Waals surface area contributed by atoms with Gasteiger partial charge in [0.25, 0.3) is 0 Å². The van der Waals surface area contributed by atoms with E-state index in [4.69, 9.17) is 14.5 Å². The second-order valence-electron chi connectivity index (χ2n) is 8.61. The summed E-state index contributed by atoms with van der Waals surface area (Å²) in [5, 5.41) is 7.04. The quantitative estimate of drug-likeness (QED) is 0.463. The van der Waals surface area contributed by atoms with Crippen LogP contribution in [0.3, 0.4) is 0 Å². The maximum atomic E-state index is 5.68. The molecule has 2 aliphatic rings. The fourth-order valence-electron chi connectivity index (χ4n) is 4.69. The minimum absolute atomic E-state index is 0.263. The number of hydrogen-bond acceptors (Lipinski definition) is 5. The number of benzene rings is 1. The summed E-state index contributed by atoms with van der Waals surface area (Å²) in [5.74, 6) is 1.84. The van der Waals surface area contributed by atoms with Gasteiger partial charge in [-0.05, 0) is 52.8 Å². The average Bonchev–Trinajstić information content (AvgIpc) is 3.32. The molecule has 7 nitrogen and oxygen atoms in total. The average molecular weight is 432 g/mol. The Morgan fingerprint density at radius 1 is 1.23 bits per heavy atom. The number of likely N-dealkylation sites (tertiary alicyclic amines) is 1. The lowest BCUT2D eigenvalue weighted by Crippen LogP contribution is -2.50. The molecular weight excluding hydrogens is 390 g/mol. The van der Waals surface area contributed by atoms with E-state index in [0.29, 0.717) is 12.1 Å². The van der Waals surface area contributed by atoms with Gasteiger partial charge in [0.15, 0.2) is 5.96 Å². The van der Waals surface area contributed by atoms with Crippen LogP contribution in [0.15, 0.2) is 29.3 Å². The third-order valence-corrected chi connectivity index (χ3v) is 6.39. The number of aliphatic imine (C=N–C) groups is 1. The van der Waals surface area contributed by atoms with E-state index in [2.05, 4.69) is 59.4 Å². The molecule has 1 aromatic carbocycles. The summed E-state index contributed by atoms with van der Waals surface area (Å²) in [7, 11) is 1.76. The number of ether oxygens (including phenoxy) is 2. The van der Waals surface area contributed by atoms with Gasteiger partial charge in [-0.1, -0.05) is 18.2 Å². The van der Waals surface area contributed by atoms with Gasteiger partial charge in [-0.2, -0.15) is 0 Å². The second kappa shape index (κ2) is 12.3. The summed E-state index contributed by atoms with van der Waals surface area (Å²) >= 11 is 0. The molecule has 7 heteroatoms. The van der Waals surface area contributed by atoms with Crippen molar-refractivity contribution in [1.82, 2.24) is 20.4 Å². The summed E-state index contributed by atoms with van der Waals surface area (Å²) in [4.78, 5) is 9.98. The van der Waals surface area contributed by atoms with E-state index >= 15 is 0 Å². The Bertz CT molecular complexity index is 692. The standard InChI is InChI=1S/C24H41N5O2/c1-5-25-24(26-16-19(2)29-14-15-31-18-20(29)3)27-17-22(28-12-8-9-13-28)21-10-6-7-11-23(21)30-4/h6-7,10-11,19-20,22H,5,8-9,12-18H2,1-4H3,(H2,25,26,27). The molecule has 3 rings (SSSR count). The molecular formula is C24H41N5O2. The number of para-hydroxylation sites is 1. The largest absolute Gasteiger partial charge is 0.496 e. The van der Waals surface area contributed by atoms with Crippen LogP contribution in [-0.2, 0) is 4.74 Å². The summed E-state index contributed by atoms with van der Waals surface area (Å²) < 4.78 is 11.3. The lowest BCUT2D eigenvalue weighted by molar-refractivity contribution is -0.0165. The van der Waals surface area contributed by atoms with Crippen LogP contribution in [0.1, 0.15) is 45.2 Å². The number of guanidine groups is 1. The van der Waals surface area contributed by atoms with Crippen molar-refractivity contribution in [2.45, 2.75) is 51.7 Å². The van der Waals surface area contributed by atoms with Crippen molar-refractivity contribution >= 4 is 5.96 Å². The molecule has 174 valence electrons. The number of methoxy groups -OCH3 is 1. The Hall–Kier alpha value is -1.83. The van der Waals surface area contributed by atoms with Crippen LogP contribution in [0.2, 0.25) is 0 Å². The summed E-state index contributed by atoms with van der Waals surface area (Å²) in [6.07, 6.45) is 2.52. The third kappa shape index (κ3) is 6.57. The van der Waals surface area contributed by atoms with Crippen LogP contribution in [0.4, 0.5) is 0 Å². The fourth-order valence-corrected chi connectivity index (χ4v) is 4.69. The highest BCUT2D eigenvalue weighted by Gasteiger charge is 2.26. The van der Waals surface area contributed by atoms with Crippen molar-refractivity contribution in [2.75, 3.05) is 59.6 Å². The molecule has 3 atom stereocenters. The summed E-state index contributed by atoms with van der Waals surface area (Å²) in [6.45, 7) is 13.9.